The SMILES string of the molecule is CCC(=O)OC(C)c1ccccc1F. The van der Waals surface area contributed by atoms with Crippen molar-refractivity contribution in [2.45, 2.75) is 26.4 Å². The van der Waals surface area contributed by atoms with Gasteiger partial charge in [-0.05, 0) is 13.0 Å². The third-order valence-corrected chi connectivity index (χ3v) is 1.94. The van der Waals surface area contributed by atoms with Gasteiger partial charge in [0.15, 0.2) is 0 Å². The normalized spacial score (nSPS) is 12.2. The lowest BCUT2D eigenvalue weighted by Crippen LogP contribution is -2.08. The largest absolute Gasteiger partial charge is 0.458 e. The average Bonchev–Trinajstić information content (AvgIpc) is 2.18. The molecule has 1 aromatic rings. The van der Waals surface area contributed by atoms with Gasteiger partial charge in [-0.25, -0.2) is 4.39 Å². The number of rotatable bonds is 3. The first-order valence-corrected chi connectivity index (χ1v) is 4.59. The van der Waals surface area contributed by atoms with Gasteiger partial charge in [-0.15, -0.1) is 0 Å². The Hall–Kier alpha value is -1.38. The van der Waals surface area contributed by atoms with Gasteiger partial charge in [0.25, 0.3) is 0 Å². The summed E-state index contributed by atoms with van der Waals surface area (Å²) in [5.41, 5.74) is 0.411. The van der Waals surface area contributed by atoms with Crippen LogP contribution in [0, 0.1) is 5.82 Å². The molecule has 1 atom stereocenters. The number of carbonyl (C=O) groups excluding carboxylic acids is 1. The van der Waals surface area contributed by atoms with Crippen molar-refractivity contribution in [3.63, 3.8) is 0 Å². The molecule has 14 heavy (non-hydrogen) atoms. The number of hydrogen-bond acceptors (Lipinski definition) is 2. The Morgan fingerprint density at radius 1 is 1.50 bits per heavy atom. The molecule has 0 aliphatic heterocycles. The first-order chi connectivity index (χ1) is 6.65. The first-order valence-electron chi connectivity index (χ1n) is 4.59. The molecule has 76 valence electrons. The fourth-order valence-electron chi connectivity index (χ4n) is 1.15. The summed E-state index contributed by atoms with van der Waals surface area (Å²) in [6.07, 6.45) is -0.220. The van der Waals surface area contributed by atoms with Crippen LogP contribution in [-0.4, -0.2) is 5.97 Å². The lowest BCUT2D eigenvalue weighted by atomic mass is 10.1. The number of hydrogen-bond donors (Lipinski definition) is 0. The fourth-order valence-corrected chi connectivity index (χ4v) is 1.15. The minimum absolute atomic E-state index is 0.304. The molecule has 1 unspecified atom stereocenters. The average molecular weight is 196 g/mol. The monoisotopic (exact) mass is 196 g/mol. The van der Waals surface area contributed by atoms with Crippen molar-refractivity contribution in [1.29, 1.82) is 0 Å². The molecule has 0 bridgehead atoms. The van der Waals surface area contributed by atoms with Gasteiger partial charge >= 0.3 is 5.97 Å². The molecule has 1 rings (SSSR count). The molecule has 0 fully saturated rings. The highest BCUT2D eigenvalue weighted by Gasteiger charge is 2.13. The van der Waals surface area contributed by atoms with E-state index in [-0.39, 0.29) is 11.8 Å². The van der Waals surface area contributed by atoms with Crippen LogP contribution in [0.4, 0.5) is 4.39 Å². The van der Waals surface area contributed by atoms with E-state index in [1.54, 1.807) is 32.0 Å². The molecule has 0 aromatic heterocycles. The zero-order valence-electron chi connectivity index (χ0n) is 8.29. The Bertz CT molecular complexity index is 323. The zero-order valence-corrected chi connectivity index (χ0v) is 8.29. The molecular formula is C11H13FO2. The number of benzene rings is 1. The third kappa shape index (κ3) is 2.55. The second kappa shape index (κ2) is 4.74. The van der Waals surface area contributed by atoms with Crippen molar-refractivity contribution >= 4 is 5.97 Å². The Balaban J connectivity index is 2.74. The maximum Gasteiger partial charge on any atom is 0.306 e. The summed E-state index contributed by atoms with van der Waals surface area (Å²) >= 11 is 0. The quantitative estimate of drug-likeness (QED) is 0.695. The van der Waals surface area contributed by atoms with Crippen LogP contribution in [-0.2, 0) is 9.53 Å². The summed E-state index contributed by atoms with van der Waals surface area (Å²) in [6.45, 7) is 3.36. The molecule has 1 aromatic carbocycles. The van der Waals surface area contributed by atoms with Gasteiger partial charge in [-0.1, -0.05) is 25.1 Å². The molecule has 3 heteroatoms. The van der Waals surface area contributed by atoms with Crippen LogP contribution in [0.2, 0.25) is 0 Å². The van der Waals surface area contributed by atoms with E-state index < -0.39 is 6.10 Å². The number of carbonyl (C=O) groups is 1. The van der Waals surface area contributed by atoms with Crippen LogP contribution in [0.3, 0.4) is 0 Å². The molecule has 0 heterocycles. The van der Waals surface area contributed by atoms with Gasteiger partial charge in [0.1, 0.15) is 11.9 Å². The molecule has 0 spiro atoms. The lowest BCUT2D eigenvalue weighted by molar-refractivity contribution is -0.148. The fraction of sp³-hybridized carbons (Fsp3) is 0.364. The molecule has 0 N–H and O–H groups in total. The highest BCUT2D eigenvalue weighted by Crippen LogP contribution is 2.19. The van der Waals surface area contributed by atoms with Crippen LogP contribution >= 0.6 is 0 Å². The summed E-state index contributed by atoms with van der Waals surface area (Å²) in [5, 5.41) is 0. The molecule has 2 nitrogen and oxygen atoms in total. The maximum atomic E-state index is 13.2. The molecule has 0 aliphatic rings. The highest BCUT2D eigenvalue weighted by atomic mass is 19.1. The highest BCUT2D eigenvalue weighted by molar-refractivity contribution is 5.69. The molecule has 0 saturated carbocycles. The summed E-state index contributed by atoms with van der Waals surface area (Å²) in [7, 11) is 0. The summed E-state index contributed by atoms with van der Waals surface area (Å²) in [4.78, 5) is 11.0. The van der Waals surface area contributed by atoms with Gasteiger partial charge in [0.05, 0.1) is 0 Å². The summed E-state index contributed by atoms with van der Waals surface area (Å²) in [5.74, 6) is -0.662. The Morgan fingerprint density at radius 3 is 2.71 bits per heavy atom. The van der Waals surface area contributed by atoms with Gasteiger partial charge < -0.3 is 4.74 Å². The molecule has 0 aliphatic carbocycles. The zero-order chi connectivity index (χ0) is 10.6. The van der Waals surface area contributed by atoms with E-state index in [4.69, 9.17) is 4.74 Å². The minimum atomic E-state index is -0.524. The van der Waals surface area contributed by atoms with E-state index in [9.17, 15) is 9.18 Å². The molecule has 0 radical (unpaired) electrons. The number of esters is 1. The van der Waals surface area contributed by atoms with E-state index in [1.165, 1.54) is 6.07 Å². The standard InChI is InChI=1S/C11H13FO2/c1-3-11(13)14-8(2)9-6-4-5-7-10(9)12/h4-8H,3H2,1-2H3. The predicted molar refractivity (Wildman–Crippen MR) is 51.2 cm³/mol. The van der Waals surface area contributed by atoms with Gasteiger partial charge in [0, 0.05) is 12.0 Å². The van der Waals surface area contributed by atoms with Crippen molar-refractivity contribution in [2.75, 3.05) is 0 Å². The Labute approximate surface area is 82.7 Å². The van der Waals surface area contributed by atoms with Crippen LogP contribution in [0.15, 0.2) is 24.3 Å². The second-order valence-corrected chi connectivity index (χ2v) is 3.01. The molecular weight excluding hydrogens is 183 g/mol. The van der Waals surface area contributed by atoms with Crippen LogP contribution in [0.5, 0.6) is 0 Å². The van der Waals surface area contributed by atoms with Gasteiger partial charge in [-0.2, -0.15) is 0 Å². The van der Waals surface area contributed by atoms with Crippen molar-refractivity contribution in [3.8, 4) is 0 Å². The summed E-state index contributed by atoms with van der Waals surface area (Å²) in [6, 6.07) is 6.29. The van der Waals surface area contributed by atoms with E-state index in [0.717, 1.165) is 0 Å². The van der Waals surface area contributed by atoms with Crippen LogP contribution in [0.25, 0.3) is 0 Å². The number of ether oxygens (including phenoxy) is 1. The minimum Gasteiger partial charge on any atom is -0.458 e. The topological polar surface area (TPSA) is 26.3 Å². The first kappa shape index (κ1) is 10.7. The molecule has 0 amide bonds. The number of halogens is 1. The van der Waals surface area contributed by atoms with Crippen molar-refractivity contribution in [3.05, 3.63) is 35.6 Å². The Morgan fingerprint density at radius 2 is 2.14 bits per heavy atom. The predicted octanol–water partition coefficient (Wildman–Crippen LogP) is 2.84. The van der Waals surface area contributed by atoms with E-state index in [2.05, 4.69) is 0 Å². The van der Waals surface area contributed by atoms with Crippen LogP contribution in [0.1, 0.15) is 31.9 Å². The summed E-state index contributed by atoms with van der Waals surface area (Å²) < 4.78 is 18.2. The smallest absolute Gasteiger partial charge is 0.306 e. The maximum absolute atomic E-state index is 13.2. The van der Waals surface area contributed by atoms with Crippen molar-refractivity contribution in [2.24, 2.45) is 0 Å². The van der Waals surface area contributed by atoms with Crippen LogP contribution < -0.4 is 0 Å². The van der Waals surface area contributed by atoms with E-state index >= 15 is 0 Å². The van der Waals surface area contributed by atoms with Gasteiger partial charge in [0.2, 0.25) is 0 Å². The van der Waals surface area contributed by atoms with Crippen molar-refractivity contribution in [1.82, 2.24) is 0 Å². The van der Waals surface area contributed by atoms with Crippen molar-refractivity contribution < 1.29 is 13.9 Å². The van der Waals surface area contributed by atoms with E-state index in [1.807, 2.05) is 0 Å². The second-order valence-electron chi connectivity index (χ2n) is 3.01. The van der Waals surface area contributed by atoms with Gasteiger partial charge in [-0.3, -0.25) is 4.79 Å². The lowest BCUT2D eigenvalue weighted by Gasteiger charge is -2.13. The van der Waals surface area contributed by atoms with E-state index in [0.29, 0.717) is 12.0 Å². The third-order valence-electron chi connectivity index (χ3n) is 1.94. The molecule has 0 saturated heterocycles. The Kier molecular flexibility index (Phi) is 3.63.